The number of ether oxygens (including phenoxy) is 1. The molecular formula is C14H27NO2. The van der Waals surface area contributed by atoms with Gasteiger partial charge in [0, 0.05) is 0 Å². The number of methoxy groups -OCH3 is 1. The molecule has 17 heavy (non-hydrogen) atoms. The van der Waals surface area contributed by atoms with E-state index in [1.165, 1.54) is 45.6 Å². The van der Waals surface area contributed by atoms with Gasteiger partial charge in [-0.2, -0.15) is 0 Å². The van der Waals surface area contributed by atoms with Crippen LogP contribution < -0.4 is 0 Å². The molecule has 1 aliphatic rings. The molecule has 100 valence electrons. The van der Waals surface area contributed by atoms with Crippen LogP contribution in [0, 0.1) is 0 Å². The van der Waals surface area contributed by atoms with Gasteiger partial charge in [-0.05, 0) is 32.4 Å². The topological polar surface area (TPSA) is 29.5 Å². The van der Waals surface area contributed by atoms with Gasteiger partial charge in [0.2, 0.25) is 0 Å². The van der Waals surface area contributed by atoms with Crippen molar-refractivity contribution in [3.05, 3.63) is 0 Å². The molecule has 0 aromatic heterocycles. The number of rotatable bonds is 7. The number of hydrogen-bond donors (Lipinski definition) is 0. The van der Waals surface area contributed by atoms with Gasteiger partial charge in [-0.1, -0.05) is 39.0 Å². The van der Waals surface area contributed by atoms with Crippen molar-refractivity contribution in [3.63, 3.8) is 0 Å². The van der Waals surface area contributed by atoms with Gasteiger partial charge in [-0.15, -0.1) is 0 Å². The molecule has 1 saturated heterocycles. The number of nitrogens with zero attached hydrogens (tertiary/aromatic N) is 1. The number of likely N-dealkylation sites (tertiary alicyclic amines) is 1. The van der Waals surface area contributed by atoms with Crippen molar-refractivity contribution in [1.29, 1.82) is 0 Å². The minimum absolute atomic E-state index is 0.0113. The molecule has 1 aliphatic heterocycles. The second kappa shape index (κ2) is 8.51. The van der Waals surface area contributed by atoms with E-state index in [9.17, 15) is 4.79 Å². The van der Waals surface area contributed by atoms with E-state index in [0.29, 0.717) is 0 Å². The highest BCUT2D eigenvalue weighted by Gasteiger charge is 2.27. The Labute approximate surface area is 106 Å². The fourth-order valence-electron chi connectivity index (χ4n) is 2.58. The fourth-order valence-corrected chi connectivity index (χ4v) is 2.58. The fraction of sp³-hybridized carbons (Fsp3) is 0.929. The van der Waals surface area contributed by atoms with Gasteiger partial charge in [-0.25, -0.2) is 0 Å². The van der Waals surface area contributed by atoms with Gasteiger partial charge in [0.05, 0.1) is 7.11 Å². The quantitative estimate of drug-likeness (QED) is 0.507. The SMILES string of the molecule is CCCCCC[C@H](C(=O)OC)N1CCCCC1. The standard InChI is InChI=1S/C14H27NO2/c1-3-4-5-7-10-13(14(16)17-2)15-11-8-6-9-12-15/h13H,3-12H2,1-2H3/t13-/m1/s1. The molecule has 1 heterocycles. The minimum atomic E-state index is -0.0385. The van der Waals surface area contributed by atoms with Crippen molar-refractivity contribution < 1.29 is 9.53 Å². The number of hydrogen-bond acceptors (Lipinski definition) is 3. The third-order valence-corrected chi connectivity index (χ3v) is 3.64. The molecular weight excluding hydrogens is 214 g/mol. The van der Waals surface area contributed by atoms with Crippen molar-refractivity contribution >= 4 is 5.97 Å². The van der Waals surface area contributed by atoms with E-state index in [1.807, 2.05) is 0 Å². The molecule has 0 aromatic rings. The average molecular weight is 241 g/mol. The van der Waals surface area contributed by atoms with E-state index < -0.39 is 0 Å². The molecule has 1 rings (SSSR count). The third kappa shape index (κ3) is 5.07. The first-order valence-corrected chi connectivity index (χ1v) is 7.11. The molecule has 0 unspecified atom stereocenters. The summed E-state index contributed by atoms with van der Waals surface area (Å²) in [7, 11) is 1.51. The summed E-state index contributed by atoms with van der Waals surface area (Å²) < 4.78 is 4.94. The van der Waals surface area contributed by atoms with Crippen LogP contribution in [0.15, 0.2) is 0 Å². The lowest BCUT2D eigenvalue weighted by molar-refractivity contribution is -0.147. The number of unbranched alkanes of at least 4 members (excludes halogenated alkanes) is 3. The maximum atomic E-state index is 11.8. The second-order valence-corrected chi connectivity index (χ2v) is 4.98. The van der Waals surface area contributed by atoms with E-state index in [2.05, 4.69) is 11.8 Å². The Morgan fingerprint density at radius 1 is 1.18 bits per heavy atom. The Balaban J connectivity index is 2.39. The van der Waals surface area contributed by atoms with Crippen LogP contribution in [0.4, 0.5) is 0 Å². The molecule has 3 nitrogen and oxygen atoms in total. The smallest absolute Gasteiger partial charge is 0.323 e. The minimum Gasteiger partial charge on any atom is -0.468 e. The van der Waals surface area contributed by atoms with E-state index in [1.54, 1.807) is 0 Å². The van der Waals surface area contributed by atoms with Crippen LogP contribution in [0.1, 0.15) is 58.3 Å². The van der Waals surface area contributed by atoms with Crippen LogP contribution in [0.2, 0.25) is 0 Å². The highest BCUT2D eigenvalue weighted by Crippen LogP contribution is 2.18. The van der Waals surface area contributed by atoms with Crippen LogP contribution >= 0.6 is 0 Å². The Kier molecular flexibility index (Phi) is 7.25. The Morgan fingerprint density at radius 2 is 1.88 bits per heavy atom. The first-order valence-electron chi connectivity index (χ1n) is 7.11. The number of carbonyl (C=O) groups excluding carboxylic acids is 1. The van der Waals surface area contributed by atoms with Crippen LogP contribution in [0.25, 0.3) is 0 Å². The van der Waals surface area contributed by atoms with E-state index in [4.69, 9.17) is 4.74 Å². The molecule has 0 spiro atoms. The zero-order valence-corrected chi connectivity index (χ0v) is 11.4. The average Bonchev–Trinajstić information content (AvgIpc) is 2.39. The molecule has 0 bridgehead atoms. The Hall–Kier alpha value is -0.570. The summed E-state index contributed by atoms with van der Waals surface area (Å²) >= 11 is 0. The normalized spacial score (nSPS) is 18.9. The first kappa shape index (κ1) is 14.5. The number of carbonyl (C=O) groups is 1. The van der Waals surface area contributed by atoms with E-state index in [-0.39, 0.29) is 12.0 Å². The molecule has 0 radical (unpaired) electrons. The lowest BCUT2D eigenvalue weighted by Crippen LogP contribution is -2.44. The van der Waals surface area contributed by atoms with Crippen molar-refractivity contribution in [2.75, 3.05) is 20.2 Å². The van der Waals surface area contributed by atoms with Crippen LogP contribution in [0.5, 0.6) is 0 Å². The highest BCUT2D eigenvalue weighted by molar-refractivity contribution is 5.75. The van der Waals surface area contributed by atoms with Crippen molar-refractivity contribution in [3.8, 4) is 0 Å². The van der Waals surface area contributed by atoms with Crippen molar-refractivity contribution in [2.24, 2.45) is 0 Å². The lowest BCUT2D eigenvalue weighted by Gasteiger charge is -2.32. The van der Waals surface area contributed by atoms with Crippen LogP contribution in [0.3, 0.4) is 0 Å². The largest absolute Gasteiger partial charge is 0.468 e. The molecule has 1 fully saturated rings. The number of piperidine rings is 1. The van der Waals surface area contributed by atoms with Gasteiger partial charge in [-0.3, -0.25) is 9.69 Å². The van der Waals surface area contributed by atoms with Crippen molar-refractivity contribution in [1.82, 2.24) is 4.90 Å². The maximum absolute atomic E-state index is 11.8. The van der Waals surface area contributed by atoms with Gasteiger partial charge < -0.3 is 4.74 Å². The molecule has 3 heteroatoms. The van der Waals surface area contributed by atoms with Gasteiger partial charge >= 0.3 is 5.97 Å². The molecule has 0 aliphatic carbocycles. The van der Waals surface area contributed by atoms with E-state index in [0.717, 1.165) is 25.9 Å². The van der Waals surface area contributed by atoms with Crippen LogP contribution in [-0.2, 0) is 9.53 Å². The Morgan fingerprint density at radius 3 is 2.47 bits per heavy atom. The molecule has 1 atom stereocenters. The number of esters is 1. The van der Waals surface area contributed by atoms with Gasteiger partial charge in [0.25, 0.3) is 0 Å². The summed E-state index contributed by atoms with van der Waals surface area (Å²) in [5, 5.41) is 0. The molecule has 0 aromatic carbocycles. The van der Waals surface area contributed by atoms with E-state index >= 15 is 0 Å². The zero-order valence-electron chi connectivity index (χ0n) is 11.4. The lowest BCUT2D eigenvalue weighted by atomic mass is 10.0. The highest BCUT2D eigenvalue weighted by atomic mass is 16.5. The Bertz CT molecular complexity index is 212. The van der Waals surface area contributed by atoms with Crippen LogP contribution in [-0.4, -0.2) is 37.1 Å². The summed E-state index contributed by atoms with van der Waals surface area (Å²) in [6.07, 6.45) is 9.61. The summed E-state index contributed by atoms with van der Waals surface area (Å²) in [5.74, 6) is -0.0385. The van der Waals surface area contributed by atoms with Gasteiger partial charge in [0.15, 0.2) is 0 Å². The predicted molar refractivity (Wildman–Crippen MR) is 70.0 cm³/mol. The molecule has 0 N–H and O–H groups in total. The maximum Gasteiger partial charge on any atom is 0.323 e. The molecule has 0 amide bonds. The zero-order chi connectivity index (χ0) is 12.5. The summed E-state index contributed by atoms with van der Waals surface area (Å²) in [5.41, 5.74) is 0. The third-order valence-electron chi connectivity index (χ3n) is 3.64. The van der Waals surface area contributed by atoms with Gasteiger partial charge in [0.1, 0.15) is 6.04 Å². The second-order valence-electron chi connectivity index (χ2n) is 4.98. The monoisotopic (exact) mass is 241 g/mol. The predicted octanol–water partition coefficient (Wildman–Crippen LogP) is 2.98. The summed E-state index contributed by atoms with van der Waals surface area (Å²) in [4.78, 5) is 14.1. The molecule has 0 saturated carbocycles. The first-order chi connectivity index (χ1) is 8.29. The summed E-state index contributed by atoms with van der Waals surface area (Å²) in [6.45, 7) is 4.34. The van der Waals surface area contributed by atoms with Crippen molar-refractivity contribution in [2.45, 2.75) is 64.3 Å². The summed E-state index contributed by atoms with van der Waals surface area (Å²) in [6, 6.07) is 0.0113.